The molecule has 0 fully saturated rings. The Balaban J connectivity index is 2.75. The highest BCUT2D eigenvalue weighted by Crippen LogP contribution is 2.09. The van der Waals surface area contributed by atoms with Gasteiger partial charge in [-0.15, -0.1) is 0 Å². The van der Waals surface area contributed by atoms with Crippen molar-refractivity contribution in [1.29, 1.82) is 0 Å². The van der Waals surface area contributed by atoms with Gasteiger partial charge in [-0.2, -0.15) is 0 Å². The van der Waals surface area contributed by atoms with Crippen molar-refractivity contribution in [2.45, 2.75) is 31.9 Å². The third-order valence-corrected chi connectivity index (χ3v) is 2.94. The first-order chi connectivity index (χ1) is 8.86. The number of hydrogen-bond acceptors (Lipinski definition) is 3. The predicted octanol–water partition coefficient (Wildman–Crippen LogP) is 1.22. The Kier molecular flexibility index (Phi) is 5.06. The number of methoxy groups -OCH3 is 1. The predicted molar refractivity (Wildman–Crippen MR) is 70.8 cm³/mol. The molecule has 0 aliphatic rings. The van der Waals surface area contributed by atoms with Gasteiger partial charge in [-0.05, 0) is 19.4 Å². The first-order valence-corrected chi connectivity index (χ1v) is 5.99. The highest BCUT2D eigenvalue weighted by Gasteiger charge is 2.31. The Bertz CT molecular complexity index is 442. The van der Waals surface area contributed by atoms with E-state index in [0.29, 0.717) is 0 Å². The molecule has 0 unspecified atom stereocenters. The van der Waals surface area contributed by atoms with Gasteiger partial charge >= 0.3 is 5.97 Å². The summed E-state index contributed by atoms with van der Waals surface area (Å²) >= 11 is 0. The normalized spacial score (nSPS) is 12.8. The summed E-state index contributed by atoms with van der Waals surface area (Å²) < 4.78 is 5.03. The van der Waals surface area contributed by atoms with Crippen molar-refractivity contribution in [3.63, 3.8) is 0 Å². The van der Waals surface area contributed by atoms with Gasteiger partial charge in [-0.3, -0.25) is 4.79 Å². The van der Waals surface area contributed by atoms with Crippen LogP contribution in [0.3, 0.4) is 0 Å². The first-order valence-electron chi connectivity index (χ1n) is 5.99. The van der Waals surface area contributed by atoms with Crippen LogP contribution in [0.2, 0.25) is 0 Å². The van der Waals surface area contributed by atoms with Crippen LogP contribution in [0.1, 0.15) is 19.4 Å². The fourth-order valence-corrected chi connectivity index (χ4v) is 1.47. The number of carbonyl (C=O) groups is 2. The lowest BCUT2D eigenvalue weighted by Crippen LogP contribution is -2.51. The largest absolute Gasteiger partial charge is 0.480 e. The minimum atomic E-state index is -1.07. The van der Waals surface area contributed by atoms with Crippen molar-refractivity contribution in [3.05, 3.63) is 35.9 Å². The molecule has 1 amide bonds. The summed E-state index contributed by atoms with van der Waals surface area (Å²) in [5, 5.41) is 11.7. The second kappa shape index (κ2) is 6.33. The van der Waals surface area contributed by atoms with E-state index in [2.05, 4.69) is 5.32 Å². The minimum absolute atomic E-state index is 0.238. The number of carboxylic acids is 1. The molecule has 0 aliphatic carbocycles. The van der Waals surface area contributed by atoms with Gasteiger partial charge in [0.05, 0.1) is 0 Å². The van der Waals surface area contributed by atoms with Gasteiger partial charge in [0.25, 0.3) is 5.91 Å². The van der Waals surface area contributed by atoms with Gasteiger partial charge in [0, 0.05) is 13.5 Å². The third-order valence-electron chi connectivity index (χ3n) is 2.94. The zero-order valence-corrected chi connectivity index (χ0v) is 11.3. The summed E-state index contributed by atoms with van der Waals surface area (Å²) in [6.07, 6.45) is 0.238. The van der Waals surface area contributed by atoms with E-state index in [1.807, 2.05) is 30.3 Å². The Hall–Kier alpha value is -1.88. The molecule has 0 spiro atoms. The first kappa shape index (κ1) is 15.2. The summed E-state index contributed by atoms with van der Waals surface area (Å²) in [7, 11) is 1.41. The van der Waals surface area contributed by atoms with Gasteiger partial charge in [-0.25, -0.2) is 4.79 Å². The Morgan fingerprint density at radius 2 is 1.89 bits per heavy atom. The van der Waals surface area contributed by atoms with E-state index in [1.165, 1.54) is 7.11 Å². The van der Waals surface area contributed by atoms with Crippen LogP contribution in [0.5, 0.6) is 0 Å². The number of carbonyl (C=O) groups excluding carboxylic acids is 1. The summed E-state index contributed by atoms with van der Waals surface area (Å²) in [5.41, 5.74) is -0.199. The van der Waals surface area contributed by atoms with E-state index in [4.69, 9.17) is 9.84 Å². The van der Waals surface area contributed by atoms with E-state index < -0.39 is 23.5 Å². The lowest BCUT2D eigenvalue weighted by Gasteiger charge is -2.24. The summed E-state index contributed by atoms with van der Waals surface area (Å²) in [6.45, 7) is 3.17. The molecule has 5 heteroatoms. The quantitative estimate of drug-likeness (QED) is 0.811. The average Bonchev–Trinajstić information content (AvgIpc) is 2.38. The molecule has 1 rings (SSSR count). The van der Waals surface area contributed by atoms with Crippen LogP contribution in [0.25, 0.3) is 0 Å². The van der Waals surface area contributed by atoms with E-state index in [-0.39, 0.29) is 6.42 Å². The second-order valence-corrected chi connectivity index (χ2v) is 4.77. The fourth-order valence-electron chi connectivity index (χ4n) is 1.47. The van der Waals surface area contributed by atoms with Crippen molar-refractivity contribution in [1.82, 2.24) is 5.32 Å². The maximum atomic E-state index is 11.9. The molecule has 0 aliphatic heterocycles. The second-order valence-electron chi connectivity index (χ2n) is 4.77. The number of benzene rings is 1. The van der Waals surface area contributed by atoms with Gasteiger partial charge in [0.15, 0.2) is 0 Å². The maximum Gasteiger partial charge on any atom is 0.326 e. The molecule has 104 valence electrons. The molecule has 0 aromatic heterocycles. The monoisotopic (exact) mass is 265 g/mol. The number of ether oxygens (including phenoxy) is 1. The average molecular weight is 265 g/mol. The smallest absolute Gasteiger partial charge is 0.326 e. The lowest BCUT2D eigenvalue weighted by atomic mass is 10.0. The standard InChI is InChI=1S/C14H19NO4/c1-14(2,19-3)13(18)15-11(12(16)17)9-10-7-5-4-6-8-10/h4-8,11H,9H2,1-3H3,(H,15,18)(H,16,17)/t11-/m1/s1. The molecule has 0 bridgehead atoms. The van der Waals surface area contributed by atoms with Crippen LogP contribution in [0.15, 0.2) is 30.3 Å². The van der Waals surface area contributed by atoms with Crippen LogP contribution in [0, 0.1) is 0 Å². The van der Waals surface area contributed by atoms with E-state index in [9.17, 15) is 9.59 Å². The number of hydrogen-bond donors (Lipinski definition) is 2. The molecule has 5 nitrogen and oxygen atoms in total. The fraction of sp³-hybridized carbons (Fsp3) is 0.429. The third kappa shape index (κ3) is 4.37. The molecule has 19 heavy (non-hydrogen) atoms. The van der Waals surface area contributed by atoms with Crippen molar-refractivity contribution in [2.24, 2.45) is 0 Å². The molecular formula is C14H19NO4. The van der Waals surface area contributed by atoms with Crippen LogP contribution >= 0.6 is 0 Å². The van der Waals surface area contributed by atoms with Crippen LogP contribution < -0.4 is 5.32 Å². The van der Waals surface area contributed by atoms with E-state index in [1.54, 1.807) is 13.8 Å². The van der Waals surface area contributed by atoms with Gasteiger partial charge in [0.1, 0.15) is 11.6 Å². The molecule has 0 heterocycles. The van der Waals surface area contributed by atoms with Crippen molar-refractivity contribution >= 4 is 11.9 Å². The SMILES string of the molecule is COC(C)(C)C(=O)N[C@H](Cc1ccccc1)C(=O)O. The van der Waals surface area contributed by atoms with Crippen molar-refractivity contribution in [3.8, 4) is 0 Å². The van der Waals surface area contributed by atoms with E-state index >= 15 is 0 Å². The van der Waals surface area contributed by atoms with Crippen molar-refractivity contribution < 1.29 is 19.4 Å². The van der Waals surface area contributed by atoms with E-state index in [0.717, 1.165) is 5.56 Å². The number of nitrogens with one attached hydrogen (secondary N) is 1. The number of amides is 1. The van der Waals surface area contributed by atoms with Crippen LogP contribution in [-0.2, 0) is 20.7 Å². The molecule has 2 N–H and O–H groups in total. The van der Waals surface area contributed by atoms with Gasteiger partial charge in [-0.1, -0.05) is 30.3 Å². The Labute approximate surface area is 112 Å². The number of aliphatic carboxylic acids is 1. The molecular weight excluding hydrogens is 246 g/mol. The molecule has 1 aromatic rings. The van der Waals surface area contributed by atoms with Gasteiger partial charge in [0.2, 0.25) is 0 Å². The van der Waals surface area contributed by atoms with Gasteiger partial charge < -0.3 is 15.2 Å². The molecule has 0 saturated heterocycles. The molecule has 1 atom stereocenters. The topological polar surface area (TPSA) is 75.6 Å². The van der Waals surface area contributed by atoms with Crippen molar-refractivity contribution in [2.75, 3.05) is 7.11 Å². The summed E-state index contributed by atoms with van der Waals surface area (Å²) in [4.78, 5) is 23.1. The highest BCUT2D eigenvalue weighted by molar-refractivity contribution is 5.88. The maximum absolute atomic E-state index is 11.9. The zero-order valence-electron chi connectivity index (χ0n) is 11.3. The highest BCUT2D eigenvalue weighted by atomic mass is 16.5. The summed E-state index contributed by atoms with van der Waals surface area (Å²) in [6, 6.07) is 8.19. The molecule has 0 saturated carbocycles. The molecule has 0 radical (unpaired) electrons. The van der Waals surface area contributed by atoms with Crippen LogP contribution in [0.4, 0.5) is 0 Å². The minimum Gasteiger partial charge on any atom is -0.480 e. The Morgan fingerprint density at radius 1 is 1.32 bits per heavy atom. The molecule has 1 aromatic carbocycles. The summed E-state index contributed by atoms with van der Waals surface area (Å²) in [5.74, 6) is -1.51. The van der Waals surface area contributed by atoms with Crippen LogP contribution in [-0.4, -0.2) is 35.7 Å². The Morgan fingerprint density at radius 3 is 2.37 bits per heavy atom. The number of rotatable bonds is 6. The lowest BCUT2D eigenvalue weighted by molar-refractivity contribution is -0.147. The zero-order chi connectivity index (χ0) is 14.5. The number of carboxylic acid groups (broad SMARTS) is 1.